The fourth-order valence-electron chi connectivity index (χ4n) is 3.26. The topological polar surface area (TPSA) is 114 Å². The predicted octanol–water partition coefficient (Wildman–Crippen LogP) is 1.79. The Labute approximate surface area is 175 Å². The number of hydrogen-bond donors (Lipinski definition) is 3. The number of rotatable bonds is 7. The maximum absolute atomic E-state index is 13.1. The number of amides is 3. The molecule has 2 aromatic rings. The van der Waals surface area contributed by atoms with E-state index in [9.17, 15) is 18.0 Å². The lowest BCUT2D eigenvalue weighted by molar-refractivity contribution is -0.123. The third-order valence-electron chi connectivity index (χ3n) is 4.89. The van der Waals surface area contributed by atoms with E-state index >= 15 is 0 Å². The van der Waals surface area contributed by atoms with Crippen molar-refractivity contribution in [2.45, 2.75) is 29.8 Å². The van der Waals surface area contributed by atoms with E-state index in [1.54, 1.807) is 24.3 Å². The van der Waals surface area contributed by atoms with Crippen molar-refractivity contribution in [2.75, 3.05) is 7.11 Å². The number of urea groups is 1. The Hall–Kier alpha value is -3.35. The largest absolute Gasteiger partial charge is 0.496 e. The minimum absolute atomic E-state index is 0.0913. The van der Waals surface area contributed by atoms with Crippen molar-refractivity contribution in [1.29, 1.82) is 0 Å². The van der Waals surface area contributed by atoms with Gasteiger partial charge in [0.15, 0.2) is 0 Å². The molecule has 1 aliphatic heterocycles. The Bertz CT molecular complexity index is 1130. The number of terminal acetylenes is 1. The van der Waals surface area contributed by atoms with Crippen molar-refractivity contribution < 1.29 is 22.7 Å². The van der Waals surface area contributed by atoms with Crippen LogP contribution in [0.1, 0.15) is 30.5 Å². The molecule has 156 valence electrons. The number of carbonyl (C=O) groups excluding carboxylic acids is 2. The second kappa shape index (κ2) is 8.18. The molecular weight excluding hydrogens is 406 g/mol. The first-order valence-electron chi connectivity index (χ1n) is 9.04. The normalized spacial score (nSPS) is 19.5. The Morgan fingerprint density at radius 1 is 1.20 bits per heavy atom. The Kier molecular flexibility index (Phi) is 5.82. The molecule has 2 atom stereocenters. The van der Waals surface area contributed by atoms with Crippen LogP contribution in [0.3, 0.4) is 0 Å². The summed E-state index contributed by atoms with van der Waals surface area (Å²) in [5, 5.41) is 4.67. The number of hydrogen-bond acceptors (Lipinski definition) is 5. The molecular formula is C21H21N3O5S. The fraction of sp³-hybridized carbons (Fsp3) is 0.238. The summed E-state index contributed by atoms with van der Waals surface area (Å²) in [4.78, 5) is 23.9. The molecule has 1 fully saturated rings. The summed E-state index contributed by atoms with van der Waals surface area (Å²) in [5.74, 6) is 2.14. The maximum atomic E-state index is 13.1. The molecule has 0 aliphatic carbocycles. The summed E-state index contributed by atoms with van der Waals surface area (Å²) < 4.78 is 34.1. The standard InChI is InChI=1S/C21H21N3O5S/c1-4-8-17(14-9-6-5-7-10-14)24-30(27,28)15-11-12-18(29-3)16(13-15)21(2)19(25)22-20(26)23-21/h1,5-7,9-13,17,24H,8H2,2-3H3,(H2,22,23,25,26)/t17-,21+/m0/s1. The van der Waals surface area contributed by atoms with Gasteiger partial charge in [0.25, 0.3) is 5.91 Å². The van der Waals surface area contributed by atoms with Gasteiger partial charge in [0, 0.05) is 12.0 Å². The van der Waals surface area contributed by atoms with E-state index < -0.39 is 33.5 Å². The monoisotopic (exact) mass is 427 g/mol. The Balaban J connectivity index is 2.01. The van der Waals surface area contributed by atoms with Crippen LogP contribution in [0.15, 0.2) is 53.4 Å². The highest BCUT2D eigenvalue weighted by molar-refractivity contribution is 7.89. The van der Waals surface area contributed by atoms with Gasteiger partial charge >= 0.3 is 6.03 Å². The van der Waals surface area contributed by atoms with Crippen molar-refractivity contribution in [3.8, 4) is 18.1 Å². The summed E-state index contributed by atoms with van der Waals surface area (Å²) in [6, 6.07) is 11.8. The van der Waals surface area contributed by atoms with Crippen LogP contribution in [0.25, 0.3) is 0 Å². The first-order valence-corrected chi connectivity index (χ1v) is 10.5. The summed E-state index contributed by atoms with van der Waals surface area (Å²) in [6.07, 6.45) is 5.58. The molecule has 2 aromatic carbocycles. The Morgan fingerprint density at radius 2 is 1.90 bits per heavy atom. The molecule has 1 saturated heterocycles. The molecule has 0 spiro atoms. The van der Waals surface area contributed by atoms with Crippen LogP contribution >= 0.6 is 0 Å². The van der Waals surface area contributed by atoms with Crippen molar-refractivity contribution >= 4 is 22.0 Å². The second-order valence-corrected chi connectivity index (χ2v) is 8.60. The van der Waals surface area contributed by atoms with Crippen LogP contribution in [0.4, 0.5) is 4.79 Å². The average Bonchev–Trinajstić information content (AvgIpc) is 3.00. The Morgan fingerprint density at radius 3 is 2.47 bits per heavy atom. The van der Waals surface area contributed by atoms with Gasteiger partial charge in [-0.2, -0.15) is 0 Å². The molecule has 8 nitrogen and oxygen atoms in total. The lowest BCUT2D eigenvalue weighted by Crippen LogP contribution is -2.41. The zero-order chi connectivity index (χ0) is 21.9. The summed E-state index contributed by atoms with van der Waals surface area (Å²) >= 11 is 0. The highest BCUT2D eigenvalue weighted by Crippen LogP contribution is 2.34. The van der Waals surface area contributed by atoms with Crippen LogP contribution in [0.2, 0.25) is 0 Å². The van der Waals surface area contributed by atoms with Gasteiger partial charge in [0.05, 0.1) is 18.0 Å². The zero-order valence-electron chi connectivity index (χ0n) is 16.4. The van der Waals surface area contributed by atoms with Crippen LogP contribution in [0.5, 0.6) is 5.75 Å². The highest BCUT2D eigenvalue weighted by Gasteiger charge is 2.45. The lowest BCUT2D eigenvalue weighted by atomic mass is 9.91. The van der Waals surface area contributed by atoms with Gasteiger partial charge in [-0.3, -0.25) is 10.1 Å². The van der Waals surface area contributed by atoms with Gasteiger partial charge in [-0.15, -0.1) is 12.3 Å². The molecule has 0 bridgehead atoms. The van der Waals surface area contributed by atoms with Gasteiger partial charge in [0.1, 0.15) is 11.3 Å². The van der Waals surface area contributed by atoms with E-state index in [0.717, 1.165) is 5.56 Å². The highest BCUT2D eigenvalue weighted by atomic mass is 32.2. The zero-order valence-corrected chi connectivity index (χ0v) is 17.2. The van der Waals surface area contributed by atoms with Crippen molar-refractivity contribution in [2.24, 2.45) is 0 Å². The van der Waals surface area contributed by atoms with Crippen LogP contribution in [0, 0.1) is 12.3 Å². The SMILES string of the molecule is C#CC[C@H](NS(=O)(=O)c1ccc(OC)c([C@@]2(C)NC(=O)NC2=O)c1)c1ccccc1. The number of sulfonamides is 1. The summed E-state index contributed by atoms with van der Waals surface area (Å²) in [5.41, 5.74) is -0.544. The van der Waals surface area contributed by atoms with E-state index in [4.69, 9.17) is 11.2 Å². The van der Waals surface area contributed by atoms with Crippen LogP contribution in [-0.4, -0.2) is 27.5 Å². The van der Waals surface area contributed by atoms with Crippen LogP contribution in [-0.2, 0) is 20.4 Å². The van der Waals surface area contributed by atoms with E-state index in [-0.39, 0.29) is 22.6 Å². The van der Waals surface area contributed by atoms with E-state index in [1.165, 1.54) is 32.2 Å². The third-order valence-corrected chi connectivity index (χ3v) is 6.36. The van der Waals surface area contributed by atoms with Gasteiger partial charge in [-0.1, -0.05) is 30.3 Å². The van der Waals surface area contributed by atoms with Gasteiger partial charge in [0.2, 0.25) is 10.0 Å². The molecule has 0 radical (unpaired) electrons. The number of nitrogens with one attached hydrogen (secondary N) is 3. The van der Waals surface area contributed by atoms with Crippen molar-refractivity contribution in [1.82, 2.24) is 15.4 Å². The van der Waals surface area contributed by atoms with Crippen molar-refractivity contribution in [3.05, 3.63) is 59.7 Å². The summed E-state index contributed by atoms with van der Waals surface area (Å²) in [7, 11) is -2.62. The quantitative estimate of drug-likeness (QED) is 0.461. The molecule has 30 heavy (non-hydrogen) atoms. The molecule has 0 aromatic heterocycles. The van der Waals surface area contributed by atoms with Crippen LogP contribution < -0.4 is 20.1 Å². The third kappa shape index (κ3) is 4.01. The second-order valence-electron chi connectivity index (χ2n) is 6.89. The molecule has 9 heteroatoms. The number of benzene rings is 2. The minimum atomic E-state index is -4.01. The van der Waals surface area contributed by atoms with Crippen molar-refractivity contribution in [3.63, 3.8) is 0 Å². The number of carbonyl (C=O) groups is 2. The fourth-order valence-corrected chi connectivity index (χ4v) is 4.51. The maximum Gasteiger partial charge on any atom is 0.322 e. The van der Waals surface area contributed by atoms with Gasteiger partial charge < -0.3 is 10.1 Å². The first-order chi connectivity index (χ1) is 14.2. The molecule has 0 unspecified atom stereocenters. The number of methoxy groups -OCH3 is 1. The van der Waals surface area contributed by atoms with E-state index in [0.29, 0.717) is 0 Å². The lowest BCUT2D eigenvalue weighted by Gasteiger charge is -2.24. The number of ether oxygens (including phenoxy) is 1. The van der Waals surface area contributed by atoms with Gasteiger partial charge in [-0.25, -0.2) is 17.9 Å². The van der Waals surface area contributed by atoms with E-state index in [1.807, 2.05) is 6.07 Å². The summed E-state index contributed by atoms with van der Waals surface area (Å²) in [6.45, 7) is 1.47. The molecule has 1 aliphatic rings. The smallest absolute Gasteiger partial charge is 0.322 e. The molecule has 0 saturated carbocycles. The predicted molar refractivity (Wildman–Crippen MR) is 110 cm³/mol. The first kappa shape index (κ1) is 21.4. The van der Waals surface area contributed by atoms with E-state index in [2.05, 4.69) is 21.3 Å². The minimum Gasteiger partial charge on any atom is -0.496 e. The van der Waals surface area contributed by atoms with Gasteiger partial charge in [-0.05, 0) is 30.7 Å². The average molecular weight is 427 g/mol. The molecule has 3 N–H and O–H groups in total. The molecule has 3 amide bonds. The molecule has 3 rings (SSSR count). The molecule has 1 heterocycles. The number of imide groups is 1.